The van der Waals surface area contributed by atoms with Crippen LogP contribution in [0.3, 0.4) is 0 Å². The number of halogens is 2. The second kappa shape index (κ2) is 7.61. The predicted molar refractivity (Wildman–Crippen MR) is 96.9 cm³/mol. The second-order valence-corrected chi connectivity index (χ2v) is 6.86. The summed E-state index contributed by atoms with van der Waals surface area (Å²) in [6.45, 7) is 5.12. The molecule has 1 N–H and O–H groups in total. The van der Waals surface area contributed by atoms with E-state index in [0.717, 1.165) is 35.8 Å². The first kappa shape index (κ1) is 16.8. The van der Waals surface area contributed by atoms with Gasteiger partial charge in [0, 0.05) is 23.1 Å². The Kier molecular flexibility index (Phi) is 6.08. The summed E-state index contributed by atoms with van der Waals surface area (Å²) in [6.07, 6.45) is 1.95. The van der Waals surface area contributed by atoms with Crippen molar-refractivity contribution in [2.45, 2.75) is 32.7 Å². The molecule has 2 aromatic rings. The number of aryl methyl sites for hydroxylation is 2. The molecule has 1 aromatic carbocycles. The zero-order valence-corrected chi connectivity index (χ0v) is 15.6. The molecule has 3 nitrogen and oxygen atoms in total. The number of rotatable bonds is 6. The van der Waals surface area contributed by atoms with E-state index in [1.165, 1.54) is 9.13 Å². The van der Waals surface area contributed by atoms with Gasteiger partial charge in [-0.15, -0.1) is 0 Å². The predicted octanol–water partition coefficient (Wildman–Crippen LogP) is 4.27. The maximum absolute atomic E-state index is 6.40. The normalized spacial score (nSPS) is 12.6. The minimum atomic E-state index is 0.256. The van der Waals surface area contributed by atoms with Crippen LogP contribution in [-0.2, 0) is 13.5 Å². The molecule has 0 aliphatic heterocycles. The SMILES string of the molecule is CCCNC(Cc1c(Cl)c(C)nn1C)c1cccc(I)c1. The molecule has 0 saturated carbocycles. The molecule has 0 saturated heterocycles. The van der Waals surface area contributed by atoms with Crippen LogP contribution in [0.15, 0.2) is 24.3 Å². The van der Waals surface area contributed by atoms with E-state index in [-0.39, 0.29) is 6.04 Å². The minimum absolute atomic E-state index is 0.256. The van der Waals surface area contributed by atoms with E-state index in [4.69, 9.17) is 11.6 Å². The maximum atomic E-state index is 6.40. The van der Waals surface area contributed by atoms with Crippen molar-refractivity contribution in [3.05, 3.63) is 49.8 Å². The fourth-order valence-corrected chi connectivity index (χ4v) is 3.25. The number of nitrogens with zero attached hydrogens (tertiary/aromatic N) is 2. The molecule has 1 aromatic heterocycles. The highest BCUT2D eigenvalue weighted by Crippen LogP contribution is 2.26. The Labute approximate surface area is 145 Å². The van der Waals surface area contributed by atoms with Gasteiger partial charge in [-0.1, -0.05) is 30.7 Å². The van der Waals surface area contributed by atoms with Crippen molar-refractivity contribution >= 4 is 34.2 Å². The molecule has 2 rings (SSSR count). The van der Waals surface area contributed by atoms with Gasteiger partial charge < -0.3 is 5.32 Å². The number of benzene rings is 1. The fourth-order valence-electron chi connectivity index (χ4n) is 2.44. The average Bonchev–Trinajstić information content (AvgIpc) is 2.69. The molecule has 21 heavy (non-hydrogen) atoms. The summed E-state index contributed by atoms with van der Waals surface area (Å²) in [5, 5.41) is 8.82. The third kappa shape index (κ3) is 4.20. The van der Waals surface area contributed by atoms with Gasteiger partial charge in [-0.2, -0.15) is 5.10 Å². The van der Waals surface area contributed by atoms with Gasteiger partial charge in [0.2, 0.25) is 0 Å². The van der Waals surface area contributed by atoms with Crippen molar-refractivity contribution in [3.63, 3.8) is 0 Å². The minimum Gasteiger partial charge on any atom is -0.310 e. The lowest BCUT2D eigenvalue weighted by molar-refractivity contribution is 0.512. The van der Waals surface area contributed by atoms with Gasteiger partial charge in [-0.05, 0) is 60.2 Å². The molecule has 5 heteroatoms. The van der Waals surface area contributed by atoms with Gasteiger partial charge in [0.15, 0.2) is 0 Å². The highest BCUT2D eigenvalue weighted by atomic mass is 127. The lowest BCUT2D eigenvalue weighted by Gasteiger charge is -2.19. The fraction of sp³-hybridized carbons (Fsp3) is 0.438. The highest BCUT2D eigenvalue weighted by Gasteiger charge is 2.18. The van der Waals surface area contributed by atoms with Crippen molar-refractivity contribution in [3.8, 4) is 0 Å². The van der Waals surface area contributed by atoms with Gasteiger partial charge in [-0.3, -0.25) is 4.68 Å². The molecular formula is C16H21ClIN3. The van der Waals surface area contributed by atoms with Crippen molar-refractivity contribution in [2.75, 3.05) is 6.54 Å². The molecule has 0 radical (unpaired) electrons. The molecule has 1 atom stereocenters. The molecule has 0 bridgehead atoms. The van der Waals surface area contributed by atoms with E-state index < -0.39 is 0 Å². The van der Waals surface area contributed by atoms with Gasteiger partial charge in [0.05, 0.1) is 16.4 Å². The summed E-state index contributed by atoms with van der Waals surface area (Å²) in [5.74, 6) is 0. The first-order valence-corrected chi connectivity index (χ1v) is 8.65. The monoisotopic (exact) mass is 417 g/mol. The zero-order valence-electron chi connectivity index (χ0n) is 12.7. The van der Waals surface area contributed by atoms with Crippen LogP contribution in [0.5, 0.6) is 0 Å². The average molecular weight is 418 g/mol. The van der Waals surface area contributed by atoms with Crippen LogP contribution in [0.25, 0.3) is 0 Å². The van der Waals surface area contributed by atoms with Crippen molar-refractivity contribution in [1.29, 1.82) is 0 Å². The van der Waals surface area contributed by atoms with Gasteiger partial charge in [-0.25, -0.2) is 0 Å². The third-order valence-electron chi connectivity index (χ3n) is 3.55. The van der Waals surface area contributed by atoms with Gasteiger partial charge in [0.25, 0.3) is 0 Å². The van der Waals surface area contributed by atoms with E-state index in [1.54, 1.807) is 0 Å². The molecule has 0 fully saturated rings. The van der Waals surface area contributed by atoms with Crippen LogP contribution < -0.4 is 5.32 Å². The van der Waals surface area contributed by atoms with Crippen LogP contribution in [0.1, 0.15) is 36.3 Å². The Morgan fingerprint density at radius 3 is 2.76 bits per heavy atom. The van der Waals surface area contributed by atoms with E-state index in [9.17, 15) is 0 Å². The summed E-state index contributed by atoms with van der Waals surface area (Å²) in [4.78, 5) is 0. The maximum Gasteiger partial charge on any atom is 0.0847 e. The number of aromatic nitrogens is 2. The Morgan fingerprint density at radius 2 is 2.19 bits per heavy atom. The Hall–Kier alpha value is -0.590. The van der Waals surface area contributed by atoms with E-state index in [1.807, 2.05) is 18.7 Å². The summed E-state index contributed by atoms with van der Waals surface area (Å²) in [6, 6.07) is 8.88. The smallest absolute Gasteiger partial charge is 0.0847 e. The Bertz CT molecular complexity index is 610. The van der Waals surface area contributed by atoms with Crippen LogP contribution in [0.4, 0.5) is 0 Å². The first-order chi connectivity index (χ1) is 10.0. The molecule has 0 amide bonds. The van der Waals surface area contributed by atoms with E-state index >= 15 is 0 Å². The summed E-state index contributed by atoms with van der Waals surface area (Å²) >= 11 is 8.75. The topological polar surface area (TPSA) is 29.9 Å². The quantitative estimate of drug-likeness (QED) is 0.711. The number of nitrogens with one attached hydrogen (secondary N) is 1. The molecule has 0 aliphatic rings. The molecule has 1 heterocycles. The second-order valence-electron chi connectivity index (χ2n) is 5.24. The van der Waals surface area contributed by atoms with E-state index in [2.05, 4.69) is 64.2 Å². The largest absolute Gasteiger partial charge is 0.310 e. The van der Waals surface area contributed by atoms with Crippen LogP contribution in [-0.4, -0.2) is 16.3 Å². The van der Waals surface area contributed by atoms with Gasteiger partial charge >= 0.3 is 0 Å². The highest BCUT2D eigenvalue weighted by molar-refractivity contribution is 14.1. The standard InChI is InChI=1S/C16H21ClIN3/c1-4-8-19-14(12-6-5-7-13(18)9-12)10-15-16(17)11(2)20-21(15)3/h5-7,9,14,19H,4,8,10H2,1-3H3. The van der Waals surface area contributed by atoms with Gasteiger partial charge in [0.1, 0.15) is 0 Å². The molecule has 114 valence electrons. The molecule has 1 unspecified atom stereocenters. The third-order valence-corrected chi connectivity index (χ3v) is 4.71. The van der Waals surface area contributed by atoms with E-state index in [0.29, 0.717) is 0 Å². The van der Waals surface area contributed by atoms with Crippen LogP contribution in [0, 0.1) is 10.5 Å². The number of hydrogen-bond donors (Lipinski definition) is 1. The van der Waals surface area contributed by atoms with Crippen LogP contribution in [0.2, 0.25) is 5.02 Å². The molecule has 0 spiro atoms. The van der Waals surface area contributed by atoms with Crippen molar-refractivity contribution < 1.29 is 0 Å². The lowest BCUT2D eigenvalue weighted by atomic mass is 10.0. The zero-order chi connectivity index (χ0) is 15.4. The first-order valence-electron chi connectivity index (χ1n) is 7.19. The molecule has 0 aliphatic carbocycles. The number of hydrogen-bond acceptors (Lipinski definition) is 2. The Balaban J connectivity index is 2.28. The molecular weight excluding hydrogens is 397 g/mol. The summed E-state index contributed by atoms with van der Waals surface area (Å²) in [7, 11) is 1.96. The Morgan fingerprint density at radius 1 is 1.43 bits per heavy atom. The van der Waals surface area contributed by atoms with Crippen molar-refractivity contribution in [1.82, 2.24) is 15.1 Å². The van der Waals surface area contributed by atoms with Crippen molar-refractivity contribution in [2.24, 2.45) is 7.05 Å². The van der Waals surface area contributed by atoms with Crippen LogP contribution >= 0.6 is 34.2 Å². The summed E-state index contributed by atoms with van der Waals surface area (Å²) in [5.41, 5.74) is 3.28. The lowest BCUT2D eigenvalue weighted by Crippen LogP contribution is -2.25. The summed E-state index contributed by atoms with van der Waals surface area (Å²) < 4.78 is 3.15.